The van der Waals surface area contributed by atoms with Crippen LogP contribution in [-0.2, 0) is 20.7 Å². The number of nitrogens with one attached hydrogen (secondary N) is 2. The molecule has 1 aromatic carbocycles. The number of ether oxygens (including phenoxy) is 1. The predicted molar refractivity (Wildman–Crippen MR) is 88.5 cm³/mol. The van der Waals surface area contributed by atoms with Crippen molar-refractivity contribution in [2.75, 3.05) is 0 Å². The lowest BCUT2D eigenvalue weighted by atomic mass is 10.1. The minimum atomic E-state index is -1.23. The highest BCUT2D eigenvalue weighted by Gasteiger charge is 2.25. The van der Waals surface area contributed by atoms with Gasteiger partial charge in [-0.1, -0.05) is 12.1 Å². The summed E-state index contributed by atoms with van der Waals surface area (Å²) in [6.07, 6.45) is -0.791. The second-order valence-corrected chi connectivity index (χ2v) is 6.60. The maximum absolute atomic E-state index is 12.9. The second-order valence-electron chi connectivity index (χ2n) is 6.60. The van der Waals surface area contributed by atoms with Gasteiger partial charge >= 0.3 is 12.1 Å². The van der Waals surface area contributed by atoms with Gasteiger partial charge in [0.1, 0.15) is 23.5 Å². The first kappa shape index (κ1) is 20.4. The van der Waals surface area contributed by atoms with Gasteiger partial charge in [-0.2, -0.15) is 0 Å². The van der Waals surface area contributed by atoms with Crippen molar-refractivity contribution < 1.29 is 28.6 Å². The van der Waals surface area contributed by atoms with Crippen molar-refractivity contribution in [3.8, 4) is 0 Å². The molecule has 138 valence electrons. The first-order chi connectivity index (χ1) is 11.5. The lowest BCUT2D eigenvalue weighted by Crippen LogP contribution is -2.51. The van der Waals surface area contributed by atoms with E-state index >= 15 is 0 Å². The van der Waals surface area contributed by atoms with E-state index in [1.807, 2.05) is 0 Å². The number of benzene rings is 1. The van der Waals surface area contributed by atoms with Crippen LogP contribution in [0, 0.1) is 5.82 Å². The average Bonchev–Trinajstić information content (AvgIpc) is 2.46. The van der Waals surface area contributed by atoms with Crippen LogP contribution >= 0.6 is 0 Å². The van der Waals surface area contributed by atoms with Gasteiger partial charge in [0, 0.05) is 6.42 Å². The zero-order valence-electron chi connectivity index (χ0n) is 14.6. The maximum Gasteiger partial charge on any atom is 0.408 e. The maximum atomic E-state index is 12.9. The standard InChI is InChI=1S/C17H23FN2O5/c1-10(19-16(24)25-17(2,3)4)14(21)20-13(15(22)23)9-11-5-7-12(18)8-6-11/h5-8,10,13H,9H2,1-4H3,(H,19,24)(H,20,21)(H,22,23)/t10-,13+/m1/s1. The van der Waals surface area contributed by atoms with Gasteiger partial charge in [-0.15, -0.1) is 0 Å². The Morgan fingerprint density at radius 3 is 2.20 bits per heavy atom. The molecule has 0 unspecified atom stereocenters. The van der Waals surface area contributed by atoms with E-state index in [9.17, 15) is 23.9 Å². The molecule has 0 bridgehead atoms. The number of halogens is 1. The summed E-state index contributed by atoms with van der Waals surface area (Å²) in [4.78, 5) is 35.1. The highest BCUT2D eigenvalue weighted by atomic mass is 19.1. The van der Waals surface area contributed by atoms with E-state index in [-0.39, 0.29) is 6.42 Å². The number of rotatable bonds is 6. The summed E-state index contributed by atoms with van der Waals surface area (Å²) < 4.78 is 17.9. The molecule has 0 fully saturated rings. The lowest BCUT2D eigenvalue weighted by Gasteiger charge is -2.22. The van der Waals surface area contributed by atoms with Crippen molar-refractivity contribution in [3.63, 3.8) is 0 Å². The molecule has 2 amide bonds. The molecule has 0 aliphatic heterocycles. The van der Waals surface area contributed by atoms with Crippen molar-refractivity contribution in [3.05, 3.63) is 35.6 Å². The van der Waals surface area contributed by atoms with E-state index in [1.54, 1.807) is 20.8 Å². The second kappa shape index (κ2) is 8.46. The molecular formula is C17H23FN2O5. The van der Waals surface area contributed by atoms with Crippen molar-refractivity contribution >= 4 is 18.0 Å². The highest BCUT2D eigenvalue weighted by molar-refractivity contribution is 5.89. The van der Waals surface area contributed by atoms with Gasteiger partial charge in [0.05, 0.1) is 0 Å². The summed E-state index contributed by atoms with van der Waals surface area (Å²) in [5.41, 5.74) is -0.159. The average molecular weight is 354 g/mol. The van der Waals surface area contributed by atoms with Gasteiger partial charge in [0.15, 0.2) is 0 Å². The van der Waals surface area contributed by atoms with Gasteiger partial charge in [-0.05, 0) is 45.4 Å². The third-order valence-electron chi connectivity index (χ3n) is 3.09. The summed E-state index contributed by atoms with van der Waals surface area (Å²) >= 11 is 0. The Morgan fingerprint density at radius 1 is 1.16 bits per heavy atom. The third-order valence-corrected chi connectivity index (χ3v) is 3.09. The molecule has 2 atom stereocenters. The van der Waals surface area contributed by atoms with Crippen LogP contribution in [0.1, 0.15) is 33.3 Å². The van der Waals surface area contributed by atoms with Crippen LogP contribution in [0.25, 0.3) is 0 Å². The number of carbonyl (C=O) groups excluding carboxylic acids is 2. The molecule has 0 aliphatic rings. The Labute approximate surface area is 145 Å². The molecule has 0 aliphatic carbocycles. The summed E-state index contributed by atoms with van der Waals surface area (Å²) in [5.74, 6) is -2.34. The quantitative estimate of drug-likeness (QED) is 0.723. The Morgan fingerprint density at radius 2 is 1.72 bits per heavy atom. The fourth-order valence-corrected chi connectivity index (χ4v) is 1.90. The van der Waals surface area contributed by atoms with Crippen molar-refractivity contribution in [2.45, 2.75) is 51.8 Å². The molecule has 0 aromatic heterocycles. The fourth-order valence-electron chi connectivity index (χ4n) is 1.90. The molecule has 0 spiro atoms. The largest absolute Gasteiger partial charge is 0.480 e. The molecule has 0 saturated carbocycles. The Bertz CT molecular complexity index is 625. The van der Waals surface area contributed by atoms with Crippen LogP contribution in [0.4, 0.5) is 9.18 Å². The number of carboxylic acids is 1. The molecule has 25 heavy (non-hydrogen) atoms. The number of carboxylic acid groups (broad SMARTS) is 1. The van der Waals surface area contributed by atoms with Crippen molar-refractivity contribution in [1.82, 2.24) is 10.6 Å². The number of aliphatic carboxylic acids is 1. The van der Waals surface area contributed by atoms with Crippen LogP contribution < -0.4 is 10.6 Å². The number of alkyl carbamates (subject to hydrolysis) is 1. The van der Waals surface area contributed by atoms with E-state index in [0.717, 1.165) is 0 Å². The first-order valence-corrected chi connectivity index (χ1v) is 7.75. The van der Waals surface area contributed by atoms with Crippen LogP contribution in [0.5, 0.6) is 0 Å². The molecule has 0 radical (unpaired) electrons. The summed E-state index contributed by atoms with van der Waals surface area (Å²) in [7, 11) is 0. The number of carbonyl (C=O) groups is 3. The van der Waals surface area contributed by atoms with E-state index in [1.165, 1.54) is 31.2 Å². The highest BCUT2D eigenvalue weighted by Crippen LogP contribution is 2.08. The number of hydrogen-bond acceptors (Lipinski definition) is 4. The topological polar surface area (TPSA) is 105 Å². The van der Waals surface area contributed by atoms with E-state index in [4.69, 9.17) is 4.74 Å². The van der Waals surface area contributed by atoms with Crippen LogP contribution in [0.3, 0.4) is 0 Å². The Kier molecular flexibility index (Phi) is 6.90. The molecule has 8 heteroatoms. The SMILES string of the molecule is C[C@@H](NC(=O)OC(C)(C)C)C(=O)N[C@@H](Cc1ccc(F)cc1)C(=O)O. The third kappa shape index (κ3) is 7.65. The minimum absolute atomic E-state index is 0.0134. The van der Waals surface area contributed by atoms with Gasteiger partial charge in [-0.25, -0.2) is 14.0 Å². The van der Waals surface area contributed by atoms with Crippen LogP contribution in [0.2, 0.25) is 0 Å². The molecule has 3 N–H and O–H groups in total. The first-order valence-electron chi connectivity index (χ1n) is 7.75. The van der Waals surface area contributed by atoms with Crippen LogP contribution in [-0.4, -0.2) is 40.8 Å². The van der Waals surface area contributed by atoms with Gasteiger partial charge in [0.2, 0.25) is 5.91 Å². The smallest absolute Gasteiger partial charge is 0.408 e. The summed E-state index contributed by atoms with van der Waals surface area (Å²) in [6.45, 7) is 6.46. The van der Waals surface area contributed by atoms with Gasteiger partial charge < -0.3 is 20.5 Å². The summed E-state index contributed by atoms with van der Waals surface area (Å²) in [6, 6.07) is 3.12. The molecule has 0 heterocycles. The zero-order valence-corrected chi connectivity index (χ0v) is 14.6. The van der Waals surface area contributed by atoms with Crippen molar-refractivity contribution in [1.29, 1.82) is 0 Å². The Hall–Kier alpha value is -2.64. The molecule has 1 aromatic rings. The molecule has 0 saturated heterocycles. The molecular weight excluding hydrogens is 331 g/mol. The lowest BCUT2D eigenvalue weighted by molar-refractivity contribution is -0.142. The molecule has 7 nitrogen and oxygen atoms in total. The normalized spacial score (nSPS) is 13.5. The minimum Gasteiger partial charge on any atom is -0.480 e. The fraction of sp³-hybridized carbons (Fsp3) is 0.471. The van der Waals surface area contributed by atoms with Gasteiger partial charge in [-0.3, -0.25) is 4.79 Å². The van der Waals surface area contributed by atoms with E-state index < -0.39 is 41.5 Å². The monoisotopic (exact) mass is 354 g/mol. The van der Waals surface area contributed by atoms with Gasteiger partial charge in [0.25, 0.3) is 0 Å². The summed E-state index contributed by atoms with van der Waals surface area (Å²) in [5, 5.41) is 13.9. The Balaban J connectivity index is 2.64. The predicted octanol–water partition coefficient (Wildman–Crippen LogP) is 1.85. The van der Waals surface area contributed by atoms with E-state index in [2.05, 4.69) is 10.6 Å². The van der Waals surface area contributed by atoms with E-state index in [0.29, 0.717) is 5.56 Å². The molecule has 1 rings (SSSR count). The number of hydrogen-bond donors (Lipinski definition) is 3. The van der Waals surface area contributed by atoms with Crippen LogP contribution in [0.15, 0.2) is 24.3 Å². The zero-order chi connectivity index (χ0) is 19.2. The van der Waals surface area contributed by atoms with Crippen molar-refractivity contribution in [2.24, 2.45) is 0 Å². The number of amides is 2.